The van der Waals surface area contributed by atoms with Gasteiger partial charge in [0.05, 0.1) is 5.69 Å². The molecule has 2 heterocycles. The molecule has 4 rings (SSSR count). The average molecular weight is 277 g/mol. The van der Waals surface area contributed by atoms with Crippen LogP contribution in [0.3, 0.4) is 0 Å². The monoisotopic (exact) mass is 277 g/mol. The predicted octanol–water partition coefficient (Wildman–Crippen LogP) is 3.91. The highest BCUT2D eigenvalue weighted by atomic mass is 16.5. The van der Waals surface area contributed by atoms with E-state index in [2.05, 4.69) is 5.16 Å². The van der Waals surface area contributed by atoms with Crippen molar-refractivity contribution in [2.75, 3.05) is 0 Å². The van der Waals surface area contributed by atoms with Crippen LogP contribution in [0.5, 0.6) is 0 Å². The smallest absolute Gasteiger partial charge is 0.347 e. The number of hydrogen-bond donors (Lipinski definition) is 0. The second-order valence-corrected chi connectivity index (χ2v) is 4.98. The summed E-state index contributed by atoms with van der Waals surface area (Å²) in [7, 11) is 0. The number of rotatable bonds is 1. The zero-order valence-corrected chi connectivity index (χ0v) is 11.3. The Morgan fingerprint density at radius 1 is 1.00 bits per heavy atom. The van der Waals surface area contributed by atoms with Crippen LogP contribution in [0.4, 0.5) is 0 Å². The van der Waals surface area contributed by atoms with Crippen LogP contribution in [0, 0.1) is 6.92 Å². The topological polar surface area (TPSA) is 56.2 Å². The fourth-order valence-corrected chi connectivity index (χ4v) is 2.53. The average Bonchev–Trinajstić information content (AvgIpc) is 2.92. The van der Waals surface area contributed by atoms with Crippen LogP contribution in [0.2, 0.25) is 0 Å². The second kappa shape index (κ2) is 4.31. The summed E-state index contributed by atoms with van der Waals surface area (Å²) in [4.78, 5) is 12.1. The molecule has 0 fully saturated rings. The van der Waals surface area contributed by atoms with E-state index >= 15 is 0 Å². The summed E-state index contributed by atoms with van der Waals surface area (Å²) in [6.07, 6.45) is 0. The van der Waals surface area contributed by atoms with E-state index in [-0.39, 0.29) is 0 Å². The van der Waals surface area contributed by atoms with Gasteiger partial charge in [-0.2, -0.15) is 0 Å². The van der Waals surface area contributed by atoms with Gasteiger partial charge in [0.25, 0.3) is 0 Å². The zero-order chi connectivity index (χ0) is 14.4. The molecule has 2 aromatic heterocycles. The Morgan fingerprint density at radius 2 is 1.86 bits per heavy atom. The summed E-state index contributed by atoms with van der Waals surface area (Å²) < 4.78 is 10.6. The largest absolute Gasteiger partial charge is 0.422 e. The summed E-state index contributed by atoms with van der Waals surface area (Å²) in [5.74, 6) is 0.427. The van der Waals surface area contributed by atoms with E-state index in [9.17, 15) is 4.79 Å². The van der Waals surface area contributed by atoms with Crippen LogP contribution in [0.15, 0.2) is 62.3 Å². The molecule has 0 unspecified atom stereocenters. The highest BCUT2D eigenvalue weighted by Gasteiger charge is 2.13. The minimum absolute atomic E-state index is 0.388. The van der Waals surface area contributed by atoms with Crippen LogP contribution in [0.1, 0.15) is 5.69 Å². The molecule has 2 aromatic carbocycles. The second-order valence-electron chi connectivity index (χ2n) is 4.98. The maximum atomic E-state index is 12.1. The van der Waals surface area contributed by atoms with Gasteiger partial charge in [-0.1, -0.05) is 35.5 Å². The number of aromatic nitrogens is 1. The molecule has 0 spiro atoms. The van der Waals surface area contributed by atoms with Crippen molar-refractivity contribution < 1.29 is 8.94 Å². The van der Waals surface area contributed by atoms with Crippen molar-refractivity contribution in [1.82, 2.24) is 5.16 Å². The number of aryl methyl sites for hydroxylation is 1. The molecular formula is C17H11NO3. The molecule has 0 bridgehead atoms. The third kappa shape index (κ3) is 1.84. The van der Waals surface area contributed by atoms with Gasteiger partial charge >= 0.3 is 5.63 Å². The predicted molar refractivity (Wildman–Crippen MR) is 80.2 cm³/mol. The van der Waals surface area contributed by atoms with Crippen LogP contribution < -0.4 is 5.63 Å². The van der Waals surface area contributed by atoms with Gasteiger partial charge in [-0.15, -0.1) is 0 Å². The van der Waals surface area contributed by atoms with E-state index in [0.717, 1.165) is 21.9 Å². The molecule has 4 aromatic rings. The van der Waals surface area contributed by atoms with E-state index in [1.807, 2.05) is 49.4 Å². The summed E-state index contributed by atoms with van der Waals surface area (Å²) in [6, 6.07) is 15.3. The van der Waals surface area contributed by atoms with Crippen LogP contribution in [-0.4, -0.2) is 5.16 Å². The first-order valence-electron chi connectivity index (χ1n) is 6.62. The SMILES string of the molecule is Cc1cc(-c2cc3c(ccc4ccccc43)oc2=O)on1. The first kappa shape index (κ1) is 11.9. The molecule has 102 valence electrons. The van der Waals surface area contributed by atoms with E-state index in [4.69, 9.17) is 8.94 Å². The van der Waals surface area contributed by atoms with Crippen molar-refractivity contribution in [3.63, 3.8) is 0 Å². The van der Waals surface area contributed by atoms with Gasteiger partial charge in [-0.25, -0.2) is 4.79 Å². The first-order chi connectivity index (χ1) is 10.2. The fraction of sp³-hybridized carbons (Fsp3) is 0.0588. The first-order valence-corrected chi connectivity index (χ1v) is 6.62. The normalized spacial score (nSPS) is 11.3. The molecule has 0 N–H and O–H groups in total. The summed E-state index contributed by atoms with van der Waals surface area (Å²) >= 11 is 0. The van der Waals surface area contributed by atoms with Gasteiger partial charge in [0.2, 0.25) is 0 Å². The van der Waals surface area contributed by atoms with Crippen molar-refractivity contribution in [2.24, 2.45) is 0 Å². The van der Waals surface area contributed by atoms with Crippen molar-refractivity contribution >= 4 is 21.7 Å². The van der Waals surface area contributed by atoms with Crippen molar-refractivity contribution in [3.05, 3.63) is 64.6 Å². The summed E-state index contributed by atoms with van der Waals surface area (Å²) in [5.41, 5.74) is 1.26. The van der Waals surface area contributed by atoms with Crippen LogP contribution in [-0.2, 0) is 0 Å². The summed E-state index contributed by atoms with van der Waals surface area (Å²) in [6.45, 7) is 1.81. The number of fused-ring (bicyclic) bond motifs is 3. The van der Waals surface area contributed by atoms with Crippen molar-refractivity contribution in [3.8, 4) is 11.3 Å². The van der Waals surface area contributed by atoms with E-state index < -0.39 is 5.63 Å². The maximum absolute atomic E-state index is 12.1. The molecule has 0 amide bonds. The van der Waals surface area contributed by atoms with Gasteiger partial charge in [0.15, 0.2) is 5.76 Å². The van der Waals surface area contributed by atoms with Gasteiger partial charge in [-0.05, 0) is 29.8 Å². The molecule has 0 radical (unpaired) electrons. The molecule has 21 heavy (non-hydrogen) atoms. The number of hydrogen-bond acceptors (Lipinski definition) is 4. The van der Waals surface area contributed by atoms with E-state index in [1.54, 1.807) is 6.07 Å². The van der Waals surface area contributed by atoms with Crippen molar-refractivity contribution in [1.29, 1.82) is 0 Å². The third-order valence-electron chi connectivity index (χ3n) is 3.54. The van der Waals surface area contributed by atoms with E-state index in [0.29, 0.717) is 16.9 Å². The highest BCUT2D eigenvalue weighted by Crippen LogP contribution is 2.27. The Kier molecular flexibility index (Phi) is 2.44. The van der Waals surface area contributed by atoms with Gasteiger partial charge in [0, 0.05) is 11.5 Å². The quantitative estimate of drug-likeness (QED) is 0.391. The molecule has 0 aliphatic heterocycles. The highest BCUT2D eigenvalue weighted by molar-refractivity contribution is 6.06. The lowest BCUT2D eigenvalue weighted by molar-refractivity contribution is 0.424. The van der Waals surface area contributed by atoms with E-state index in [1.165, 1.54) is 0 Å². The standard InChI is InChI=1S/C17H11NO3/c1-10-8-16(21-18-10)14-9-13-12-5-3-2-4-11(12)6-7-15(13)20-17(14)19/h2-9H,1H3. The van der Waals surface area contributed by atoms with Crippen LogP contribution in [0.25, 0.3) is 33.1 Å². The lowest BCUT2D eigenvalue weighted by atomic mass is 10.0. The fourth-order valence-electron chi connectivity index (χ4n) is 2.53. The molecular weight excluding hydrogens is 266 g/mol. The van der Waals surface area contributed by atoms with Gasteiger partial charge < -0.3 is 8.94 Å². The molecule has 0 atom stereocenters. The van der Waals surface area contributed by atoms with Gasteiger partial charge in [-0.3, -0.25) is 0 Å². The number of nitrogens with zero attached hydrogens (tertiary/aromatic N) is 1. The molecule has 0 saturated carbocycles. The lowest BCUT2D eigenvalue weighted by Gasteiger charge is -2.03. The Hall–Kier alpha value is -2.88. The van der Waals surface area contributed by atoms with Crippen LogP contribution >= 0.6 is 0 Å². The Bertz CT molecular complexity index is 1030. The molecule has 0 saturated heterocycles. The maximum Gasteiger partial charge on any atom is 0.347 e. The Morgan fingerprint density at radius 3 is 2.67 bits per heavy atom. The minimum atomic E-state index is -0.422. The number of benzene rings is 2. The van der Waals surface area contributed by atoms with Crippen molar-refractivity contribution in [2.45, 2.75) is 6.92 Å². The Balaban J connectivity index is 2.11. The molecule has 4 heteroatoms. The molecule has 0 aliphatic rings. The Labute approximate surface area is 119 Å². The summed E-state index contributed by atoms with van der Waals surface area (Å²) in [5, 5.41) is 6.84. The molecule has 0 aliphatic carbocycles. The van der Waals surface area contributed by atoms with Gasteiger partial charge in [0.1, 0.15) is 11.1 Å². The zero-order valence-electron chi connectivity index (χ0n) is 11.3. The third-order valence-corrected chi connectivity index (χ3v) is 3.54. The molecule has 4 nitrogen and oxygen atoms in total. The minimum Gasteiger partial charge on any atom is -0.422 e. The lowest BCUT2D eigenvalue weighted by Crippen LogP contribution is -2.02.